The molecule has 80 valence electrons. The quantitative estimate of drug-likeness (QED) is 0.663. The summed E-state index contributed by atoms with van der Waals surface area (Å²) in [5, 5.41) is 12.9. The second-order valence-electron chi connectivity index (χ2n) is 4.76. The number of hydrogen-bond acceptors (Lipinski definition) is 3. The van der Waals surface area contributed by atoms with E-state index >= 15 is 0 Å². The molecule has 3 heteroatoms. The lowest BCUT2D eigenvalue weighted by atomic mass is 9.82. The van der Waals surface area contributed by atoms with Crippen molar-refractivity contribution in [1.29, 1.82) is 0 Å². The molecule has 1 unspecified atom stereocenters. The van der Waals surface area contributed by atoms with Crippen molar-refractivity contribution in [3.63, 3.8) is 0 Å². The van der Waals surface area contributed by atoms with Crippen LogP contribution in [0.4, 0.5) is 5.69 Å². The molecule has 1 spiro atoms. The van der Waals surface area contributed by atoms with E-state index in [0.29, 0.717) is 5.75 Å². The Morgan fingerprint density at radius 2 is 2.33 bits per heavy atom. The standard InChI is InChI=1S/C12H16N2O/c1-14-8-12(4-5-13-7-12)10-3-2-9(15)6-11(10)14/h2-3,6,13,15H,4-5,7-8H2,1H3. The monoisotopic (exact) mass is 204 g/mol. The lowest BCUT2D eigenvalue weighted by Crippen LogP contribution is -2.33. The second-order valence-corrected chi connectivity index (χ2v) is 4.76. The summed E-state index contributed by atoms with van der Waals surface area (Å²) in [6, 6.07) is 5.77. The maximum absolute atomic E-state index is 9.50. The minimum Gasteiger partial charge on any atom is -0.508 e. The first-order valence-electron chi connectivity index (χ1n) is 5.47. The highest BCUT2D eigenvalue weighted by Gasteiger charge is 2.43. The third-order valence-corrected chi connectivity index (χ3v) is 3.75. The lowest BCUT2D eigenvalue weighted by molar-refractivity contribution is 0.474. The summed E-state index contributed by atoms with van der Waals surface area (Å²) in [4.78, 5) is 2.25. The number of fused-ring (bicyclic) bond motifs is 2. The highest BCUT2D eigenvalue weighted by Crippen LogP contribution is 2.44. The van der Waals surface area contributed by atoms with Crippen molar-refractivity contribution in [2.24, 2.45) is 0 Å². The molecule has 2 aliphatic heterocycles. The van der Waals surface area contributed by atoms with E-state index in [1.165, 1.54) is 17.7 Å². The molecule has 1 aromatic carbocycles. The smallest absolute Gasteiger partial charge is 0.117 e. The molecule has 2 heterocycles. The molecule has 1 aromatic rings. The molecule has 0 aromatic heterocycles. The van der Waals surface area contributed by atoms with Crippen molar-refractivity contribution >= 4 is 5.69 Å². The van der Waals surface area contributed by atoms with E-state index in [1.54, 1.807) is 6.07 Å². The van der Waals surface area contributed by atoms with E-state index in [-0.39, 0.29) is 5.41 Å². The summed E-state index contributed by atoms with van der Waals surface area (Å²) in [5.74, 6) is 0.364. The van der Waals surface area contributed by atoms with Gasteiger partial charge in [0.15, 0.2) is 0 Å². The zero-order valence-corrected chi connectivity index (χ0v) is 8.95. The number of rotatable bonds is 0. The van der Waals surface area contributed by atoms with Crippen molar-refractivity contribution in [1.82, 2.24) is 5.32 Å². The van der Waals surface area contributed by atoms with Gasteiger partial charge in [0, 0.05) is 37.3 Å². The summed E-state index contributed by atoms with van der Waals surface area (Å²) in [6.45, 7) is 3.24. The first-order chi connectivity index (χ1) is 7.21. The average Bonchev–Trinajstić information content (AvgIpc) is 2.76. The minimum absolute atomic E-state index is 0.289. The molecular formula is C12H16N2O. The van der Waals surface area contributed by atoms with Crippen LogP contribution in [0.25, 0.3) is 0 Å². The van der Waals surface area contributed by atoms with Crippen molar-refractivity contribution in [3.8, 4) is 5.75 Å². The number of phenolic OH excluding ortho intramolecular Hbond substituents is 1. The van der Waals surface area contributed by atoms with Gasteiger partial charge in [-0.3, -0.25) is 0 Å². The maximum atomic E-state index is 9.50. The fourth-order valence-electron chi connectivity index (χ4n) is 3.02. The number of phenols is 1. The summed E-state index contributed by atoms with van der Waals surface area (Å²) >= 11 is 0. The van der Waals surface area contributed by atoms with E-state index in [1.807, 2.05) is 6.07 Å². The van der Waals surface area contributed by atoms with Crippen molar-refractivity contribution in [3.05, 3.63) is 23.8 Å². The molecule has 2 N–H and O–H groups in total. The van der Waals surface area contributed by atoms with Crippen LogP contribution >= 0.6 is 0 Å². The minimum atomic E-state index is 0.289. The van der Waals surface area contributed by atoms with Crippen LogP contribution < -0.4 is 10.2 Å². The van der Waals surface area contributed by atoms with E-state index in [0.717, 1.165) is 19.6 Å². The van der Waals surface area contributed by atoms with Crippen LogP contribution in [-0.4, -0.2) is 31.8 Å². The molecule has 15 heavy (non-hydrogen) atoms. The van der Waals surface area contributed by atoms with Crippen LogP contribution in [0.2, 0.25) is 0 Å². The van der Waals surface area contributed by atoms with Gasteiger partial charge in [0.2, 0.25) is 0 Å². The van der Waals surface area contributed by atoms with Crippen molar-refractivity contribution in [2.75, 3.05) is 31.6 Å². The largest absolute Gasteiger partial charge is 0.508 e. The van der Waals surface area contributed by atoms with Crippen molar-refractivity contribution in [2.45, 2.75) is 11.8 Å². The third-order valence-electron chi connectivity index (χ3n) is 3.75. The number of anilines is 1. The van der Waals surface area contributed by atoms with Gasteiger partial charge in [-0.25, -0.2) is 0 Å². The SMILES string of the molecule is CN1CC2(CCNC2)c2ccc(O)cc21. The number of nitrogens with zero attached hydrogens (tertiary/aromatic N) is 1. The molecule has 1 saturated heterocycles. The predicted octanol–water partition coefficient (Wildman–Crippen LogP) is 1.07. The number of nitrogens with one attached hydrogen (secondary N) is 1. The maximum Gasteiger partial charge on any atom is 0.117 e. The molecule has 2 aliphatic rings. The molecule has 3 nitrogen and oxygen atoms in total. The fourth-order valence-corrected chi connectivity index (χ4v) is 3.02. The van der Waals surface area contributed by atoms with E-state index in [4.69, 9.17) is 0 Å². The van der Waals surface area contributed by atoms with E-state index < -0.39 is 0 Å². The fraction of sp³-hybridized carbons (Fsp3) is 0.500. The summed E-state index contributed by atoms with van der Waals surface area (Å²) in [7, 11) is 2.10. The molecule has 3 rings (SSSR count). The normalized spacial score (nSPS) is 28.7. The van der Waals surface area contributed by atoms with Gasteiger partial charge >= 0.3 is 0 Å². The zero-order chi connectivity index (χ0) is 10.5. The summed E-state index contributed by atoms with van der Waals surface area (Å²) < 4.78 is 0. The van der Waals surface area contributed by atoms with Gasteiger partial charge in [0.1, 0.15) is 5.75 Å². The van der Waals surface area contributed by atoms with Crippen molar-refractivity contribution < 1.29 is 5.11 Å². The average molecular weight is 204 g/mol. The molecule has 0 radical (unpaired) electrons. The first-order valence-corrected chi connectivity index (χ1v) is 5.47. The Balaban J connectivity index is 2.13. The Hall–Kier alpha value is -1.22. The Kier molecular flexibility index (Phi) is 1.74. The Morgan fingerprint density at radius 1 is 1.47 bits per heavy atom. The molecule has 0 amide bonds. The molecule has 1 fully saturated rings. The Morgan fingerprint density at radius 3 is 3.07 bits per heavy atom. The van der Waals surface area contributed by atoms with Crippen LogP contribution in [0.1, 0.15) is 12.0 Å². The second kappa shape index (κ2) is 2.89. The highest BCUT2D eigenvalue weighted by molar-refractivity contribution is 5.65. The van der Waals surface area contributed by atoms with Gasteiger partial charge in [0.05, 0.1) is 0 Å². The molecule has 0 aliphatic carbocycles. The number of aromatic hydroxyl groups is 1. The van der Waals surface area contributed by atoms with Gasteiger partial charge < -0.3 is 15.3 Å². The van der Waals surface area contributed by atoms with Gasteiger partial charge in [-0.15, -0.1) is 0 Å². The summed E-state index contributed by atoms with van der Waals surface area (Å²) in [5.41, 5.74) is 2.88. The van der Waals surface area contributed by atoms with Crippen LogP contribution in [-0.2, 0) is 5.41 Å². The first kappa shape index (κ1) is 9.04. The van der Waals surface area contributed by atoms with Crippen LogP contribution in [0, 0.1) is 0 Å². The summed E-state index contributed by atoms with van der Waals surface area (Å²) in [6.07, 6.45) is 1.20. The Labute approximate surface area is 89.7 Å². The van der Waals surface area contributed by atoms with Crippen LogP contribution in [0.5, 0.6) is 5.75 Å². The molecule has 0 bridgehead atoms. The topological polar surface area (TPSA) is 35.5 Å². The van der Waals surface area contributed by atoms with E-state index in [2.05, 4.69) is 23.3 Å². The van der Waals surface area contributed by atoms with Crippen LogP contribution in [0.3, 0.4) is 0 Å². The van der Waals surface area contributed by atoms with Crippen LogP contribution in [0.15, 0.2) is 18.2 Å². The van der Waals surface area contributed by atoms with E-state index in [9.17, 15) is 5.11 Å². The van der Waals surface area contributed by atoms with Gasteiger partial charge in [-0.2, -0.15) is 0 Å². The van der Waals surface area contributed by atoms with Gasteiger partial charge in [-0.1, -0.05) is 6.07 Å². The van der Waals surface area contributed by atoms with Gasteiger partial charge in [0.25, 0.3) is 0 Å². The molecule has 1 atom stereocenters. The molecular weight excluding hydrogens is 188 g/mol. The number of likely N-dealkylation sites (N-methyl/N-ethyl adjacent to an activating group) is 1. The zero-order valence-electron chi connectivity index (χ0n) is 8.95. The predicted molar refractivity (Wildman–Crippen MR) is 60.5 cm³/mol. The highest BCUT2D eigenvalue weighted by atomic mass is 16.3. The number of hydrogen-bond donors (Lipinski definition) is 2. The van der Waals surface area contributed by atoms with Gasteiger partial charge in [-0.05, 0) is 24.6 Å². The molecule has 0 saturated carbocycles. The Bertz CT molecular complexity index is 397. The lowest BCUT2D eigenvalue weighted by Gasteiger charge is -2.22. The third kappa shape index (κ3) is 1.16. The number of benzene rings is 1.